The Morgan fingerprint density at radius 1 is 0.920 bits per heavy atom. The molecule has 278 valence electrons. The Balaban J connectivity index is 2.18. The normalized spacial score (nSPS) is 15.5. The molecule has 0 bridgehead atoms. The van der Waals surface area contributed by atoms with Crippen LogP contribution in [0, 0.1) is 13.1 Å². The van der Waals surface area contributed by atoms with E-state index in [9.17, 15) is 36.0 Å². The molecular formula is C32H42F3IN4O9S. The van der Waals surface area contributed by atoms with E-state index in [0.717, 1.165) is 4.90 Å². The molecule has 1 saturated heterocycles. The van der Waals surface area contributed by atoms with Crippen LogP contribution in [-0.2, 0) is 28.6 Å². The van der Waals surface area contributed by atoms with Gasteiger partial charge in [0.05, 0.1) is 0 Å². The van der Waals surface area contributed by atoms with Gasteiger partial charge >= 0.3 is 299 Å². The average molecular weight is 843 g/mol. The van der Waals surface area contributed by atoms with E-state index in [1.54, 1.807) is 61.7 Å². The fraction of sp³-hybridized carbons (Fsp3) is 0.500. The van der Waals surface area contributed by atoms with E-state index in [1.807, 2.05) is 0 Å². The molecule has 18 heteroatoms. The molecular weight excluding hydrogens is 800 g/mol. The second-order valence-corrected chi connectivity index (χ2v) is 19.7. The molecule has 0 spiro atoms. The third-order valence-corrected chi connectivity index (χ3v) is 13.6. The monoisotopic (exact) mass is 842 g/mol. The first kappa shape index (κ1) is 40.8. The molecule has 0 aliphatic carbocycles. The molecule has 3 rings (SSSR count). The first-order valence-electron chi connectivity index (χ1n) is 15.1. The van der Waals surface area contributed by atoms with Crippen LogP contribution in [0.25, 0.3) is 0 Å². The predicted molar refractivity (Wildman–Crippen MR) is 187 cm³/mol. The summed E-state index contributed by atoms with van der Waals surface area (Å²) in [4.78, 5) is 47.7. The zero-order valence-electron chi connectivity index (χ0n) is 29.2. The molecule has 13 nitrogen and oxygen atoms in total. The van der Waals surface area contributed by atoms with Crippen LogP contribution in [0.4, 0.5) is 27.6 Å². The molecule has 50 heavy (non-hydrogen) atoms. The van der Waals surface area contributed by atoms with Gasteiger partial charge in [0.15, 0.2) is 0 Å². The maximum absolute atomic E-state index is 13.9. The standard InChI is InChI=1S/C32H42F3IN4O9S/c1-30(2,3)47-27(41)37-26(22-19-38(7)28(42)39(8)20-22)40(29(43)48-31(4,5)6)18-21-11-10-12-24(17-21)36(49-50(44,45)32(33,34)35)23-13-15-25(46-9)16-14-23/h10-17,22H,18-20H2,1-9H3/b37-26+. The van der Waals surface area contributed by atoms with Gasteiger partial charge in [-0.1, -0.05) is 0 Å². The molecule has 0 N–H and O–H groups in total. The Labute approximate surface area is 297 Å². The molecule has 2 aromatic carbocycles. The van der Waals surface area contributed by atoms with Gasteiger partial charge < -0.3 is 0 Å². The summed E-state index contributed by atoms with van der Waals surface area (Å²) in [7, 11) is -1.50. The number of nitrogens with zero attached hydrogens (tertiary/aromatic N) is 4. The molecule has 2 aromatic rings. The quantitative estimate of drug-likeness (QED) is 0.123. The zero-order valence-corrected chi connectivity index (χ0v) is 32.2. The van der Waals surface area contributed by atoms with Crippen LogP contribution in [0.3, 0.4) is 0 Å². The Kier molecular flexibility index (Phi) is 12.8. The molecule has 0 radical (unpaired) electrons. The molecule has 1 fully saturated rings. The number of aliphatic imine (C=N–C) groups is 1. The Bertz CT molecular complexity index is 1680. The molecule has 1 heterocycles. The van der Waals surface area contributed by atoms with E-state index >= 15 is 0 Å². The van der Waals surface area contributed by atoms with Crippen molar-refractivity contribution in [3.63, 3.8) is 0 Å². The van der Waals surface area contributed by atoms with E-state index in [-0.39, 0.29) is 38.6 Å². The number of hydrogen-bond acceptors (Lipinski definition) is 9. The number of rotatable bonds is 8. The van der Waals surface area contributed by atoms with Gasteiger partial charge in [0, 0.05) is 0 Å². The number of halogens is 4. The maximum atomic E-state index is 13.9. The van der Waals surface area contributed by atoms with Crippen LogP contribution in [0.2, 0.25) is 0 Å². The number of ether oxygens (including phenoxy) is 3. The number of carbonyl (C=O) groups excluding carboxylic acids is 3. The number of amidine groups is 1. The second kappa shape index (κ2) is 15.7. The van der Waals surface area contributed by atoms with Crippen molar-refractivity contribution in [3.05, 3.63) is 61.2 Å². The second-order valence-electron chi connectivity index (χ2n) is 13.3. The summed E-state index contributed by atoms with van der Waals surface area (Å²) in [5.41, 5.74) is -7.29. The van der Waals surface area contributed by atoms with Gasteiger partial charge in [-0.3, -0.25) is 0 Å². The molecule has 0 aromatic heterocycles. The molecule has 1 aliphatic rings. The van der Waals surface area contributed by atoms with E-state index in [2.05, 4.69) is 4.99 Å². The summed E-state index contributed by atoms with van der Waals surface area (Å²) in [5, 5.41) is 0. The van der Waals surface area contributed by atoms with Crippen LogP contribution < -0.4 is 4.74 Å². The fourth-order valence-corrected chi connectivity index (χ4v) is 11.2. The average Bonchev–Trinajstić information content (AvgIpc) is 2.98. The van der Waals surface area contributed by atoms with Crippen molar-refractivity contribution in [1.82, 2.24) is 14.7 Å². The van der Waals surface area contributed by atoms with Crippen LogP contribution in [0.1, 0.15) is 47.1 Å². The van der Waals surface area contributed by atoms with Gasteiger partial charge in [-0.2, -0.15) is 0 Å². The third-order valence-electron chi connectivity index (χ3n) is 6.60. The number of methoxy groups -OCH3 is 1. The SMILES string of the molecule is COc1ccc(I(OS(=O)(=O)C(F)(F)F)c2cccc(CN(C(=O)OC(C)(C)C)/C(=N/C(=O)OC(C)(C)C)C3CN(C)C(=O)N(C)C3)c2)cc1. The molecule has 0 unspecified atom stereocenters. The Hall–Kier alpha value is -3.65. The summed E-state index contributed by atoms with van der Waals surface area (Å²) >= 11 is -3.85. The van der Waals surface area contributed by atoms with Crippen molar-refractivity contribution >= 4 is 54.4 Å². The van der Waals surface area contributed by atoms with Crippen molar-refractivity contribution in [2.75, 3.05) is 34.3 Å². The first-order valence-corrected chi connectivity index (χ1v) is 19.6. The van der Waals surface area contributed by atoms with Gasteiger partial charge in [0.2, 0.25) is 0 Å². The van der Waals surface area contributed by atoms with Crippen molar-refractivity contribution in [2.45, 2.75) is 64.8 Å². The van der Waals surface area contributed by atoms with Crippen molar-refractivity contribution < 1.29 is 52.7 Å². The van der Waals surface area contributed by atoms with Crippen molar-refractivity contribution in [1.29, 1.82) is 0 Å². The number of urea groups is 1. The minimum atomic E-state index is -6.00. The first-order chi connectivity index (χ1) is 22.9. The van der Waals surface area contributed by atoms with Gasteiger partial charge in [0.25, 0.3) is 0 Å². The fourth-order valence-electron chi connectivity index (χ4n) is 4.56. The number of amides is 4. The number of benzene rings is 2. The van der Waals surface area contributed by atoms with Gasteiger partial charge in [-0.25, -0.2) is 0 Å². The topological polar surface area (TPSA) is 144 Å². The van der Waals surface area contributed by atoms with E-state index in [4.69, 9.17) is 16.7 Å². The van der Waals surface area contributed by atoms with Gasteiger partial charge in [-0.15, -0.1) is 0 Å². The Morgan fingerprint density at radius 3 is 1.98 bits per heavy atom. The van der Waals surface area contributed by atoms with E-state index in [0.29, 0.717) is 11.3 Å². The van der Waals surface area contributed by atoms with Crippen LogP contribution in [0.15, 0.2) is 53.5 Å². The summed E-state index contributed by atoms with van der Waals surface area (Å²) in [6, 6.07) is 11.4. The Morgan fingerprint density at radius 2 is 1.48 bits per heavy atom. The molecule has 1 aliphatic heterocycles. The van der Waals surface area contributed by atoms with Crippen LogP contribution in [0.5, 0.6) is 5.75 Å². The van der Waals surface area contributed by atoms with Crippen LogP contribution >= 0.6 is 20.2 Å². The molecule has 0 atom stereocenters. The zero-order chi connectivity index (χ0) is 37.8. The van der Waals surface area contributed by atoms with E-state index < -0.39 is 65.2 Å². The molecule has 4 amide bonds. The minimum absolute atomic E-state index is 0.0701. The van der Waals surface area contributed by atoms with Gasteiger partial charge in [0.1, 0.15) is 0 Å². The number of alkyl halides is 3. The number of carbonyl (C=O) groups is 3. The summed E-state index contributed by atoms with van der Waals surface area (Å²) in [6.07, 6.45) is -1.91. The van der Waals surface area contributed by atoms with Crippen molar-refractivity contribution in [2.24, 2.45) is 10.9 Å². The summed E-state index contributed by atoms with van der Waals surface area (Å²) < 4.78 is 86.7. The third kappa shape index (κ3) is 11.2. The summed E-state index contributed by atoms with van der Waals surface area (Å²) in [5.74, 6) is -0.386. The van der Waals surface area contributed by atoms with E-state index in [1.165, 1.54) is 59.4 Å². The molecule has 0 saturated carbocycles. The summed E-state index contributed by atoms with van der Waals surface area (Å²) in [6.45, 7) is 9.66. The van der Waals surface area contributed by atoms with Crippen molar-refractivity contribution in [3.8, 4) is 5.75 Å². The van der Waals surface area contributed by atoms with Gasteiger partial charge in [-0.05, 0) is 0 Å². The predicted octanol–water partition coefficient (Wildman–Crippen LogP) is 6.71. The van der Waals surface area contributed by atoms with Crippen LogP contribution in [-0.4, -0.2) is 98.2 Å². The number of hydrogen-bond donors (Lipinski definition) is 0.